The van der Waals surface area contributed by atoms with E-state index in [0.717, 1.165) is 43.7 Å². The first-order chi connectivity index (χ1) is 8.85. The van der Waals surface area contributed by atoms with Gasteiger partial charge in [-0.15, -0.1) is 5.10 Å². The van der Waals surface area contributed by atoms with Crippen LogP contribution in [0.1, 0.15) is 37.9 Å². The Kier molecular flexibility index (Phi) is 3.50. The van der Waals surface area contributed by atoms with Gasteiger partial charge in [0.2, 0.25) is 5.95 Å². The monoisotopic (exact) mass is 249 g/mol. The number of nitrogens with one attached hydrogen (secondary N) is 1. The highest BCUT2D eigenvalue weighted by Gasteiger charge is 2.23. The molecule has 18 heavy (non-hydrogen) atoms. The van der Waals surface area contributed by atoms with Crippen LogP contribution in [-0.4, -0.2) is 34.8 Å². The van der Waals surface area contributed by atoms with E-state index >= 15 is 0 Å². The highest BCUT2D eigenvalue weighted by Crippen LogP contribution is 2.29. The summed E-state index contributed by atoms with van der Waals surface area (Å²) in [5.41, 5.74) is 5.71. The minimum absolute atomic E-state index is 0.689. The summed E-state index contributed by atoms with van der Waals surface area (Å²) < 4.78 is 0. The lowest BCUT2D eigenvalue weighted by Crippen LogP contribution is -2.36. The molecule has 5 nitrogen and oxygen atoms in total. The number of rotatable bonds is 4. The van der Waals surface area contributed by atoms with Crippen molar-refractivity contribution in [1.82, 2.24) is 15.2 Å². The second kappa shape index (κ2) is 5.26. The van der Waals surface area contributed by atoms with Crippen molar-refractivity contribution in [2.45, 2.75) is 38.5 Å². The number of anilines is 1. The molecule has 1 aromatic rings. The number of aromatic nitrogens is 3. The van der Waals surface area contributed by atoms with E-state index in [2.05, 4.69) is 20.1 Å². The standard InChI is InChI=1S/C13H23N5/c14-9-11-4-6-18(7-5-11)13-15-12(16-17-13)8-10-2-1-3-10/h10-11H,1-9,14H2,(H,15,16,17). The summed E-state index contributed by atoms with van der Waals surface area (Å²) in [4.78, 5) is 6.92. The molecule has 0 spiro atoms. The van der Waals surface area contributed by atoms with Crippen LogP contribution in [0.15, 0.2) is 0 Å². The quantitative estimate of drug-likeness (QED) is 0.844. The molecule has 3 rings (SSSR count). The largest absolute Gasteiger partial charge is 0.340 e. The molecule has 3 N–H and O–H groups in total. The topological polar surface area (TPSA) is 70.8 Å². The fourth-order valence-corrected chi connectivity index (χ4v) is 2.86. The van der Waals surface area contributed by atoms with Gasteiger partial charge in [0.1, 0.15) is 5.82 Å². The first-order valence-electron chi connectivity index (χ1n) is 7.21. The molecule has 1 saturated carbocycles. The smallest absolute Gasteiger partial charge is 0.244 e. The molecule has 0 amide bonds. The van der Waals surface area contributed by atoms with Gasteiger partial charge in [-0.1, -0.05) is 19.3 Å². The zero-order chi connectivity index (χ0) is 12.4. The normalized spacial score (nSPS) is 22.2. The molecular weight excluding hydrogens is 226 g/mol. The Labute approximate surface area is 108 Å². The lowest BCUT2D eigenvalue weighted by atomic mass is 9.83. The minimum atomic E-state index is 0.689. The number of H-pyrrole nitrogens is 1. The van der Waals surface area contributed by atoms with Gasteiger partial charge in [-0.3, -0.25) is 5.10 Å². The van der Waals surface area contributed by atoms with Gasteiger partial charge in [-0.2, -0.15) is 4.98 Å². The summed E-state index contributed by atoms with van der Waals surface area (Å²) >= 11 is 0. The van der Waals surface area contributed by atoms with Crippen molar-refractivity contribution < 1.29 is 0 Å². The maximum Gasteiger partial charge on any atom is 0.244 e. The third-order valence-corrected chi connectivity index (χ3v) is 4.46. The van der Waals surface area contributed by atoms with Crippen molar-refractivity contribution in [1.29, 1.82) is 0 Å². The Balaban J connectivity index is 1.56. The third kappa shape index (κ3) is 2.51. The van der Waals surface area contributed by atoms with Gasteiger partial charge in [0, 0.05) is 19.5 Å². The molecule has 0 unspecified atom stereocenters. The van der Waals surface area contributed by atoms with Gasteiger partial charge in [0.15, 0.2) is 0 Å². The summed E-state index contributed by atoms with van der Waals surface area (Å²) in [6.07, 6.45) is 7.52. The van der Waals surface area contributed by atoms with Crippen molar-refractivity contribution in [2.75, 3.05) is 24.5 Å². The molecule has 0 atom stereocenters. The molecule has 1 aliphatic heterocycles. The van der Waals surface area contributed by atoms with Crippen LogP contribution < -0.4 is 10.6 Å². The van der Waals surface area contributed by atoms with E-state index < -0.39 is 0 Å². The molecule has 1 aromatic heterocycles. The molecule has 2 aliphatic rings. The van der Waals surface area contributed by atoms with Crippen molar-refractivity contribution >= 4 is 5.95 Å². The average Bonchev–Trinajstić information content (AvgIpc) is 2.83. The molecule has 5 heteroatoms. The van der Waals surface area contributed by atoms with Crippen molar-refractivity contribution in [2.24, 2.45) is 17.6 Å². The fourth-order valence-electron chi connectivity index (χ4n) is 2.86. The van der Waals surface area contributed by atoms with E-state index in [4.69, 9.17) is 5.73 Å². The van der Waals surface area contributed by atoms with Crippen LogP contribution in [0.4, 0.5) is 5.95 Å². The zero-order valence-electron chi connectivity index (χ0n) is 10.9. The van der Waals surface area contributed by atoms with Crippen LogP contribution in [-0.2, 0) is 6.42 Å². The Hall–Kier alpha value is -1.10. The van der Waals surface area contributed by atoms with Crippen LogP contribution in [0.5, 0.6) is 0 Å². The fraction of sp³-hybridized carbons (Fsp3) is 0.846. The first-order valence-corrected chi connectivity index (χ1v) is 7.21. The Bertz CT molecular complexity index is 376. The number of hydrogen-bond donors (Lipinski definition) is 2. The molecule has 0 radical (unpaired) electrons. The summed E-state index contributed by atoms with van der Waals surface area (Å²) in [7, 11) is 0. The number of nitrogens with zero attached hydrogens (tertiary/aromatic N) is 3. The van der Waals surface area contributed by atoms with Gasteiger partial charge >= 0.3 is 0 Å². The van der Waals surface area contributed by atoms with Gasteiger partial charge in [0.25, 0.3) is 0 Å². The number of piperidine rings is 1. The third-order valence-electron chi connectivity index (χ3n) is 4.46. The zero-order valence-corrected chi connectivity index (χ0v) is 10.9. The maximum absolute atomic E-state index is 5.71. The Morgan fingerprint density at radius 3 is 2.56 bits per heavy atom. The van der Waals surface area contributed by atoms with Crippen LogP contribution in [0.2, 0.25) is 0 Å². The maximum atomic E-state index is 5.71. The predicted molar refractivity (Wildman–Crippen MR) is 71.4 cm³/mol. The van der Waals surface area contributed by atoms with Crippen LogP contribution in [0.3, 0.4) is 0 Å². The Morgan fingerprint density at radius 1 is 1.17 bits per heavy atom. The van der Waals surface area contributed by atoms with Gasteiger partial charge < -0.3 is 10.6 Å². The number of aromatic amines is 1. The van der Waals surface area contributed by atoms with E-state index in [1.54, 1.807) is 0 Å². The van der Waals surface area contributed by atoms with Crippen LogP contribution in [0, 0.1) is 11.8 Å². The lowest BCUT2D eigenvalue weighted by molar-refractivity contribution is 0.309. The second-order valence-corrected chi connectivity index (χ2v) is 5.75. The van der Waals surface area contributed by atoms with Crippen molar-refractivity contribution in [3.63, 3.8) is 0 Å². The average molecular weight is 249 g/mol. The van der Waals surface area contributed by atoms with E-state index in [1.807, 2.05) is 0 Å². The van der Waals surface area contributed by atoms with Crippen molar-refractivity contribution in [3.05, 3.63) is 5.82 Å². The highest BCUT2D eigenvalue weighted by molar-refractivity contribution is 5.29. The van der Waals surface area contributed by atoms with E-state index in [-0.39, 0.29) is 0 Å². The number of hydrogen-bond acceptors (Lipinski definition) is 4. The van der Waals surface area contributed by atoms with Crippen LogP contribution >= 0.6 is 0 Å². The summed E-state index contributed by atoms with van der Waals surface area (Å²) in [5.74, 6) is 3.49. The molecule has 2 heterocycles. The molecule has 0 aromatic carbocycles. The molecule has 0 bridgehead atoms. The van der Waals surface area contributed by atoms with E-state index in [9.17, 15) is 0 Å². The van der Waals surface area contributed by atoms with Crippen molar-refractivity contribution in [3.8, 4) is 0 Å². The molecule has 100 valence electrons. The van der Waals surface area contributed by atoms with Gasteiger partial charge in [-0.25, -0.2) is 0 Å². The molecule has 1 saturated heterocycles. The second-order valence-electron chi connectivity index (χ2n) is 5.75. The molecule has 2 fully saturated rings. The SMILES string of the molecule is NCC1CCN(c2n[nH]c(CC3CCC3)n2)CC1. The number of nitrogens with two attached hydrogens (primary N) is 1. The molecular formula is C13H23N5. The summed E-state index contributed by atoms with van der Waals surface area (Å²) in [6, 6.07) is 0. The molecule has 1 aliphatic carbocycles. The van der Waals surface area contributed by atoms with Gasteiger partial charge in [-0.05, 0) is 31.2 Å². The Morgan fingerprint density at radius 2 is 1.94 bits per heavy atom. The van der Waals surface area contributed by atoms with Crippen LogP contribution in [0.25, 0.3) is 0 Å². The first kappa shape index (κ1) is 12.0. The summed E-state index contributed by atoms with van der Waals surface area (Å²) in [5, 5.41) is 7.46. The minimum Gasteiger partial charge on any atom is -0.340 e. The predicted octanol–water partition coefficient (Wildman–Crippen LogP) is 1.32. The lowest BCUT2D eigenvalue weighted by Gasteiger charge is -2.30. The highest BCUT2D eigenvalue weighted by atomic mass is 15.4. The van der Waals surface area contributed by atoms with Gasteiger partial charge in [0.05, 0.1) is 0 Å². The van der Waals surface area contributed by atoms with E-state index in [1.165, 1.54) is 32.1 Å². The van der Waals surface area contributed by atoms with E-state index in [0.29, 0.717) is 5.92 Å². The summed E-state index contributed by atoms with van der Waals surface area (Å²) in [6.45, 7) is 2.90.